The van der Waals surface area contributed by atoms with Crippen LogP contribution in [0.2, 0.25) is 0 Å². The number of anilines is 1. The summed E-state index contributed by atoms with van der Waals surface area (Å²) in [7, 11) is 1.68. The molecule has 3 aliphatic heterocycles. The van der Waals surface area contributed by atoms with Gasteiger partial charge >= 0.3 is 0 Å². The highest BCUT2D eigenvalue weighted by Crippen LogP contribution is 2.31. The van der Waals surface area contributed by atoms with Crippen molar-refractivity contribution in [3.05, 3.63) is 83.2 Å². The van der Waals surface area contributed by atoms with Crippen molar-refractivity contribution in [2.75, 3.05) is 32.1 Å². The van der Waals surface area contributed by atoms with Gasteiger partial charge in [-0.3, -0.25) is 4.99 Å². The molecular formula is C34H40N6O. The van der Waals surface area contributed by atoms with Crippen molar-refractivity contribution in [1.82, 2.24) is 14.5 Å². The predicted molar refractivity (Wildman–Crippen MR) is 168 cm³/mol. The average Bonchev–Trinajstić information content (AvgIpc) is 2.98. The van der Waals surface area contributed by atoms with Crippen LogP contribution in [-0.2, 0) is 4.74 Å². The summed E-state index contributed by atoms with van der Waals surface area (Å²) in [5.41, 5.74) is 8.25. The fraction of sp³-hybridized carbons (Fsp3) is 0.382. The third kappa shape index (κ3) is 5.91. The van der Waals surface area contributed by atoms with Gasteiger partial charge in [0.25, 0.3) is 0 Å². The zero-order valence-electron chi connectivity index (χ0n) is 24.6. The van der Waals surface area contributed by atoms with Crippen LogP contribution >= 0.6 is 0 Å². The summed E-state index contributed by atoms with van der Waals surface area (Å²) in [6, 6.07) is 21.7. The fourth-order valence-electron chi connectivity index (χ4n) is 5.96. The molecular weight excluding hydrogens is 508 g/mol. The van der Waals surface area contributed by atoms with E-state index in [4.69, 9.17) is 14.7 Å². The van der Waals surface area contributed by atoms with Gasteiger partial charge in [-0.1, -0.05) is 43.7 Å². The van der Waals surface area contributed by atoms with Crippen LogP contribution in [0.15, 0.2) is 82.2 Å². The summed E-state index contributed by atoms with van der Waals surface area (Å²) in [4.78, 5) is 17.6. The molecule has 212 valence electrons. The number of hydrogen-bond acceptors (Lipinski definition) is 6. The number of methoxy groups -OCH3 is 1. The van der Waals surface area contributed by atoms with Crippen molar-refractivity contribution in [2.24, 2.45) is 15.9 Å². The van der Waals surface area contributed by atoms with E-state index in [1.165, 1.54) is 5.56 Å². The van der Waals surface area contributed by atoms with E-state index in [1.807, 2.05) is 12.3 Å². The van der Waals surface area contributed by atoms with Gasteiger partial charge < -0.3 is 19.5 Å². The summed E-state index contributed by atoms with van der Waals surface area (Å²) in [5.74, 6) is 1.31. The lowest BCUT2D eigenvalue weighted by atomic mass is 10.0. The van der Waals surface area contributed by atoms with E-state index >= 15 is 0 Å². The number of rotatable bonds is 7. The molecule has 0 bridgehead atoms. The van der Waals surface area contributed by atoms with Gasteiger partial charge in [-0.05, 0) is 74.9 Å². The zero-order chi connectivity index (χ0) is 28.3. The van der Waals surface area contributed by atoms with Crippen LogP contribution in [0.4, 0.5) is 5.69 Å². The first-order chi connectivity index (χ1) is 20.0. The summed E-state index contributed by atoms with van der Waals surface area (Å²) in [6.45, 7) is 10.0. The Hall–Kier alpha value is -3.97. The molecule has 41 heavy (non-hydrogen) atoms. The first-order valence-corrected chi connectivity index (χ1v) is 14.8. The van der Waals surface area contributed by atoms with Gasteiger partial charge in [-0.2, -0.15) is 0 Å². The summed E-state index contributed by atoms with van der Waals surface area (Å²) < 4.78 is 7.92. The quantitative estimate of drug-likeness (QED) is 0.266. The smallest absolute Gasteiger partial charge is 0.232 e. The maximum Gasteiger partial charge on any atom is 0.232 e. The molecule has 4 aliphatic rings. The van der Waals surface area contributed by atoms with Crippen LogP contribution in [0.5, 0.6) is 0 Å². The number of aryl methyl sites for hydroxylation is 1. The number of aromatic nitrogens is 2. The largest absolute Gasteiger partial charge is 0.480 e. The third-order valence-corrected chi connectivity index (χ3v) is 7.96. The first kappa shape index (κ1) is 27.2. The first-order valence-electron chi connectivity index (χ1n) is 14.8. The monoisotopic (exact) mass is 548 g/mol. The van der Waals surface area contributed by atoms with E-state index in [9.17, 15) is 0 Å². The van der Waals surface area contributed by atoms with E-state index in [2.05, 4.69) is 95.1 Å². The molecule has 0 saturated carbocycles. The molecule has 0 spiro atoms. The van der Waals surface area contributed by atoms with Gasteiger partial charge in [-0.15, -0.1) is 0 Å². The van der Waals surface area contributed by atoms with Gasteiger partial charge in [0.15, 0.2) is 0 Å². The highest BCUT2D eigenvalue weighted by Gasteiger charge is 2.22. The SMILES string of the molecule is COC1=C(Nc2cc3nc4ccccc4n(-c4ccc(C)cc4)c-3c/c2=N\C2CCN(CC(C)C)CC2)CCC=N1. The number of likely N-dealkylation sites (tertiary alicyclic amines) is 1. The van der Waals surface area contributed by atoms with Gasteiger partial charge in [0.2, 0.25) is 5.88 Å². The molecule has 0 atom stereocenters. The van der Waals surface area contributed by atoms with E-state index in [-0.39, 0.29) is 6.04 Å². The number of para-hydroxylation sites is 2. The minimum atomic E-state index is 0.276. The van der Waals surface area contributed by atoms with Crippen molar-refractivity contribution >= 4 is 22.9 Å². The van der Waals surface area contributed by atoms with Crippen LogP contribution in [-0.4, -0.2) is 53.5 Å². The topological polar surface area (TPSA) is 67.0 Å². The maximum atomic E-state index is 5.60. The number of fused-ring (bicyclic) bond motifs is 2. The molecule has 6 rings (SSSR count). The molecule has 1 saturated heterocycles. The Morgan fingerprint density at radius 1 is 1.05 bits per heavy atom. The second kappa shape index (κ2) is 11.9. The maximum absolute atomic E-state index is 5.60. The lowest BCUT2D eigenvalue weighted by Gasteiger charge is -2.31. The van der Waals surface area contributed by atoms with Crippen molar-refractivity contribution in [1.29, 1.82) is 0 Å². The fourth-order valence-corrected chi connectivity index (χ4v) is 5.96. The van der Waals surface area contributed by atoms with E-state index < -0.39 is 0 Å². The zero-order valence-corrected chi connectivity index (χ0v) is 24.6. The van der Waals surface area contributed by atoms with Gasteiger partial charge in [0.05, 0.1) is 52.3 Å². The molecule has 3 heterocycles. The Balaban J connectivity index is 1.52. The Morgan fingerprint density at radius 2 is 1.83 bits per heavy atom. The Bertz CT molecular complexity index is 1620. The lowest BCUT2D eigenvalue weighted by molar-refractivity contribution is 0.192. The second-order valence-corrected chi connectivity index (χ2v) is 11.6. The van der Waals surface area contributed by atoms with E-state index in [1.54, 1.807) is 7.11 Å². The minimum Gasteiger partial charge on any atom is -0.480 e. The van der Waals surface area contributed by atoms with Crippen molar-refractivity contribution < 1.29 is 4.74 Å². The molecule has 1 N–H and O–H groups in total. The number of hydrogen-bond donors (Lipinski definition) is 1. The van der Waals surface area contributed by atoms with Crippen molar-refractivity contribution in [3.63, 3.8) is 0 Å². The molecule has 0 radical (unpaired) electrons. The van der Waals surface area contributed by atoms with Crippen LogP contribution in [0, 0.1) is 12.8 Å². The highest BCUT2D eigenvalue weighted by molar-refractivity contribution is 5.84. The third-order valence-electron chi connectivity index (χ3n) is 7.96. The summed E-state index contributed by atoms with van der Waals surface area (Å²) >= 11 is 0. The van der Waals surface area contributed by atoms with Crippen LogP contribution in [0.1, 0.15) is 45.1 Å². The Morgan fingerprint density at radius 3 is 2.59 bits per heavy atom. The van der Waals surface area contributed by atoms with Crippen LogP contribution < -0.4 is 10.7 Å². The summed E-state index contributed by atoms with van der Waals surface area (Å²) in [6.07, 6.45) is 5.76. The Labute approximate surface area is 242 Å². The molecule has 7 heteroatoms. The average molecular weight is 549 g/mol. The molecule has 2 aromatic rings. The van der Waals surface area contributed by atoms with Gasteiger partial charge in [0.1, 0.15) is 0 Å². The number of allylic oxidation sites excluding steroid dienone is 1. The van der Waals surface area contributed by atoms with Crippen LogP contribution in [0.3, 0.4) is 0 Å². The van der Waals surface area contributed by atoms with Crippen molar-refractivity contribution in [2.45, 2.75) is 52.5 Å². The van der Waals surface area contributed by atoms with Gasteiger partial charge in [0, 0.05) is 31.5 Å². The number of aliphatic imine (C=N–C) groups is 1. The number of nitrogens with one attached hydrogen (secondary N) is 1. The van der Waals surface area contributed by atoms with Crippen molar-refractivity contribution in [3.8, 4) is 17.1 Å². The number of benzene rings is 3. The predicted octanol–water partition coefficient (Wildman–Crippen LogP) is 6.55. The minimum absolute atomic E-state index is 0.276. The molecule has 0 aromatic heterocycles. The van der Waals surface area contributed by atoms with E-state index in [0.717, 1.165) is 90.2 Å². The molecule has 1 fully saturated rings. The summed E-state index contributed by atoms with van der Waals surface area (Å²) in [5, 5.41) is 4.62. The molecule has 0 unspecified atom stereocenters. The number of ether oxygens (including phenoxy) is 1. The van der Waals surface area contributed by atoms with Crippen LogP contribution in [0.25, 0.3) is 28.1 Å². The number of nitrogens with zero attached hydrogens (tertiary/aromatic N) is 5. The molecule has 1 aliphatic carbocycles. The normalized spacial score (nSPS) is 17.2. The molecule has 0 amide bonds. The second-order valence-electron chi connectivity index (χ2n) is 11.6. The molecule has 2 aromatic carbocycles. The lowest BCUT2D eigenvalue weighted by Crippen LogP contribution is -2.38. The Kier molecular flexibility index (Phi) is 7.88. The molecule has 7 nitrogen and oxygen atoms in total. The van der Waals surface area contributed by atoms with E-state index in [0.29, 0.717) is 11.8 Å². The standard InChI is InChI=1S/C34H40N6O/c1-23(2)22-39-18-15-25(16-19-39)36-30-21-33-31(20-29(30)38-28-9-7-17-35-34(28)41-4)37-27-8-5-6-10-32(27)40(33)26-13-11-24(3)12-14-26/h5-6,8,10-14,17,20-21,23,25,38H,7,9,15-16,18-19,22H2,1-4H3/b36-30+. The van der Waals surface area contributed by atoms with Gasteiger partial charge in [-0.25, -0.2) is 9.98 Å². The number of piperidine rings is 1. The highest BCUT2D eigenvalue weighted by atomic mass is 16.5.